The summed E-state index contributed by atoms with van der Waals surface area (Å²) >= 11 is 0. The minimum absolute atomic E-state index is 0.226. The summed E-state index contributed by atoms with van der Waals surface area (Å²) in [5.41, 5.74) is 0.334. The van der Waals surface area contributed by atoms with Crippen molar-refractivity contribution in [2.45, 2.75) is 46.5 Å². The summed E-state index contributed by atoms with van der Waals surface area (Å²) in [7, 11) is 0. The summed E-state index contributed by atoms with van der Waals surface area (Å²) in [4.78, 5) is 41.5. The van der Waals surface area contributed by atoms with Crippen LogP contribution < -0.4 is 0 Å². The van der Waals surface area contributed by atoms with Crippen LogP contribution in [0.3, 0.4) is 0 Å². The smallest absolute Gasteiger partial charge is 0.433 e. The van der Waals surface area contributed by atoms with E-state index in [-0.39, 0.29) is 6.61 Å². The van der Waals surface area contributed by atoms with Crippen molar-refractivity contribution in [3.05, 3.63) is 54.6 Å². The molecule has 0 bridgehead atoms. The molecule has 2 rings (SSSR count). The Kier molecular flexibility index (Phi) is 7.49. The highest BCUT2D eigenvalue weighted by atomic mass is 16.6. The lowest BCUT2D eigenvalue weighted by molar-refractivity contribution is -0.153. The first-order chi connectivity index (χ1) is 13.4. The lowest BCUT2D eigenvalue weighted by atomic mass is 9.85. The summed E-state index contributed by atoms with van der Waals surface area (Å²) in [6.07, 6.45) is 11.7. The van der Waals surface area contributed by atoms with Crippen molar-refractivity contribution >= 4 is 17.8 Å². The topological polar surface area (TPSA) is 79.8 Å². The Hall–Kier alpha value is -2.96. The van der Waals surface area contributed by atoms with Crippen molar-refractivity contribution in [1.29, 1.82) is 0 Å². The largest absolute Gasteiger partial charge is 0.448 e. The Morgan fingerprint density at radius 1 is 1.11 bits per heavy atom. The molecule has 7 heteroatoms. The lowest BCUT2D eigenvalue weighted by Gasteiger charge is -2.32. The highest BCUT2D eigenvalue weighted by molar-refractivity contribution is 6.38. The number of nitrogens with zero attached hydrogens (tertiary/aromatic N) is 3. The van der Waals surface area contributed by atoms with Crippen LogP contribution in [0.1, 0.15) is 45.6 Å². The van der Waals surface area contributed by atoms with E-state index in [1.165, 1.54) is 12.4 Å². The van der Waals surface area contributed by atoms with Gasteiger partial charge in [-0.25, -0.2) is 9.80 Å². The maximum Gasteiger partial charge on any atom is 0.433 e. The number of carbonyl (C=O) groups excluding carboxylic acids is 3. The number of unbranched alkanes of at least 4 members (excludes halogenated alkanes) is 1. The van der Waals surface area contributed by atoms with Gasteiger partial charge in [0.05, 0.1) is 6.61 Å². The third kappa shape index (κ3) is 5.52. The molecule has 150 valence electrons. The maximum absolute atomic E-state index is 12.6. The fourth-order valence-electron chi connectivity index (χ4n) is 2.48. The molecule has 28 heavy (non-hydrogen) atoms. The molecular formula is C21H27N3O4. The molecule has 0 radical (unpaired) electrons. The number of rotatable bonds is 8. The van der Waals surface area contributed by atoms with Crippen molar-refractivity contribution in [1.82, 2.24) is 15.0 Å². The highest BCUT2D eigenvalue weighted by Crippen LogP contribution is 2.23. The van der Waals surface area contributed by atoms with Gasteiger partial charge in [0.2, 0.25) is 5.78 Å². The average Bonchev–Trinajstić information content (AvgIpc) is 2.73. The number of pyridine rings is 1. The van der Waals surface area contributed by atoms with Crippen molar-refractivity contribution in [2.75, 3.05) is 6.61 Å². The quantitative estimate of drug-likeness (QED) is 0.504. The van der Waals surface area contributed by atoms with E-state index in [2.05, 4.69) is 4.98 Å². The summed E-state index contributed by atoms with van der Waals surface area (Å²) in [5, 5.41) is 2.02. The van der Waals surface area contributed by atoms with Crippen molar-refractivity contribution in [3.63, 3.8) is 0 Å². The van der Waals surface area contributed by atoms with Crippen LogP contribution in [-0.2, 0) is 20.7 Å². The Labute approximate surface area is 165 Å². The van der Waals surface area contributed by atoms with E-state index >= 15 is 0 Å². The standard InChI is InChI=1S/C21H27N3O4/c1-4-21(2,3)18(25)19(26)23-13-6-7-14-24(23)20(27)28-15-8-5-10-17-11-9-12-22-16-17/h6-7,9,11-14,16H,4-5,8,10,15H2,1-3H3. The van der Waals surface area contributed by atoms with Gasteiger partial charge in [-0.15, -0.1) is 0 Å². The van der Waals surface area contributed by atoms with Gasteiger partial charge in [0.1, 0.15) is 0 Å². The molecule has 0 aromatic carbocycles. The maximum atomic E-state index is 12.6. The first-order valence-corrected chi connectivity index (χ1v) is 9.44. The number of hydrogen-bond acceptors (Lipinski definition) is 5. The Morgan fingerprint density at radius 3 is 2.46 bits per heavy atom. The molecule has 2 amide bonds. The van der Waals surface area contributed by atoms with Crippen molar-refractivity contribution in [2.24, 2.45) is 5.41 Å². The fourth-order valence-corrected chi connectivity index (χ4v) is 2.48. The number of allylic oxidation sites excluding steroid dienone is 2. The van der Waals surface area contributed by atoms with E-state index in [4.69, 9.17) is 4.74 Å². The zero-order valence-electron chi connectivity index (χ0n) is 16.6. The number of carbonyl (C=O) groups is 3. The predicted molar refractivity (Wildman–Crippen MR) is 105 cm³/mol. The number of aryl methyl sites for hydroxylation is 1. The molecule has 1 aromatic rings. The third-order valence-corrected chi connectivity index (χ3v) is 4.69. The van der Waals surface area contributed by atoms with Gasteiger partial charge in [-0.3, -0.25) is 14.6 Å². The summed E-state index contributed by atoms with van der Waals surface area (Å²) in [5.74, 6) is -1.31. The molecule has 0 spiro atoms. The van der Waals surface area contributed by atoms with E-state index in [9.17, 15) is 14.4 Å². The normalized spacial score (nSPS) is 13.5. The molecule has 2 heterocycles. The molecule has 0 aliphatic carbocycles. The fraction of sp³-hybridized carbons (Fsp3) is 0.429. The van der Waals surface area contributed by atoms with Gasteiger partial charge in [0.15, 0.2) is 0 Å². The second-order valence-electron chi connectivity index (χ2n) is 7.18. The number of aromatic nitrogens is 1. The molecule has 0 N–H and O–H groups in total. The van der Waals surface area contributed by atoms with Gasteiger partial charge in [-0.05, 0) is 49.5 Å². The number of Topliss-reactive ketones (excluding diaryl/α,β-unsaturated/α-hetero) is 1. The van der Waals surface area contributed by atoms with Gasteiger partial charge in [0, 0.05) is 30.2 Å². The van der Waals surface area contributed by atoms with Crippen LogP contribution in [0.15, 0.2) is 49.1 Å². The molecular weight excluding hydrogens is 358 g/mol. The first-order valence-electron chi connectivity index (χ1n) is 9.44. The minimum Gasteiger partial charge on any atom is -0.448 e. The number of hydrazine groups is 1. The average molecular weight is 385 g/mol. The van der Waals surface area contributed by atoms with Crippen LogP contribution in [0.25, 0.3) is 0 Å². The van der Waals surface area contributed by atoms with Crippen LogP contribution in [0.4, 0.5) is 4.79 Å². The number of amides is 2. The first kappa shape index (κ1) is 21.3. The van der Waals surface area contributed by atoms with Crippen LogP contribution in [0.5, 0.6) is 0 Å². The molecule has 0 unspecified atom stereocenters. The highest BCUT2D eigenvalue weighted by Gasteiger charge is 2.37. The SMILES string of the molecule is CCC(C)(C)C(=O)C(=O)N1C=CC=CN1C(=O)OCCCCc1cccnc1. The summed E-state index contributed by atoms with van der Waals surface area (Å²) in [6.45, 7) is 5.49. The van der Waals surface area contributed by atoms with Crippen LogP contribution in [0.2, 0.25) is 0 Å². The number of hydrogen-bond donors (Lipinski definition) is 0. The lowest BCUT2D eigenvalue weighted by Crippen LogP contribution is -2.49. The van der Waals surface area contributed by atoms with Crippen LogP contribution >= 0.6 is 0 Å². The second kappa shape index (κ2) is 9.82. The van der Waals surface area contributed by atoms with Gasteiger partial charge in [0.25, 0.3) is 0 Å². The Bertz CT molecular complexity index is 756. The predicted octanol–water partition coefficient (Wildman–Crippen LogP) is 3.63. The third-order valence-electron chi connectivity index (χ3n) is 4.69. The van der Waals surface area contributed by atoms with E-state index in [1.54, 1.807) is 32.2 Å². The van der Waals surface area contributed by atoms with Crippen LogP contribution in [0, 0.1) is 5.41 Å². The van der Waals surface area contributed by atoms with E-state index in [1.807, 2.05) is 25.3 Å². The van der Waals surface area contributed by atoms with Gasteiger partial charge in [-0.1, -0.05) is 26.8 Å². The zero-order valence-corrected chi connectivity index (χ0v) is 16.6. The van der Waals surface area contributed by atoms with Gasteiger partial charge >= 0.3 is 12.0 Å². The monoisotopic (exact) mass is 385 g/mol. The summed E-state index contributed by atoms with van der Waals surface area (Å²) in [6, 6.07) is 3.89. The number of ketones is 1. The molecule has 1 aromatic heterocycles. The second-order valence-corrected chi connectivity index (χ2v) is 7.18. The molecule has 0 fully saturated rings. The molecule has 1 aliphatic rings. The number of ether oxygens (including phenoxy) is 1. The molecule has 0 atom stereocenters. The summed E-state index contributed by atoms with van der Waals surface area (Å²) < 4.78 is 5.27. The molecule has 7 nitrogen and oxygen atoms in total. The van der Waals surface area contributed by atoms with Crippen molar-refractivity contribution < 1.29 is 19.1 Å². The Morgan fingerprint density at radius 2 is 1.82 bits per heavy atom. The van der Waals surface area contributed by atoms with E-state index < -0.39 is 23.2 Å². The molecule has 1 aliphatic heterocycles. The zero-order chi connectivity index (χ0) is 20.6. The Balaban J connectivity index is 1.86. The minimum atomic E-state index is -0.798. The van der Waals surface area contributed by atoms with Crippen LogP contribution in [-0.4, -0.2) is 39.4 Å². The van der Waals surface area contributed by atoms with Gasteiger partial charge < -0.3 is 4.74 Å². The molecule has 0 saturated carbocycles. The van der Waals surface area contributed by atoms with E-state index in [0.717, 1.165) is 28.4 Å². The van der Waals surface area contributed by atoms with Gasteiger partial charge in [-0.2, -0.15) is 5.01 Å². The van der Waals surface area contributed by atoms with Crippen molar-refractivity contribution in [3.8, 4) is 0 Å². The van der Waals surface area contributed by atoms with E-state index in [0.29, 0.717) is 12.8 Å². The molecule has 0 saturated heterocycles.